The van der Waals surface area contributed by atoms with Gasteiger partial charge in [-0.1, -0.05) is 0 Å². The zero-order chi connectivity index (χ0) is 16.1. The second-order valence-corrected chi connectivity index (χ2v) is 6.81. The molecule has 1 aliphatic heterocycles. The van der Waals surface area contributed by atoms with Crippen LogP contribution in [0.4, 0.5) is 0 Å². The number of rotatable bonds is 3. The molecule has 0 unspecified atom stereocenters. The maximum absolute atomic E-state index is 6.43. The summed E-state index contributed by atoms with van der Waals surface area (Å²) >= 11 is 0. The van der Waals surface area contributed by atoms with Crippen molar-refractivity contribution in [2.45, 2.75) is 44.8 Å². The third kappa shape index (κ3) is 2.31. The molecule has 0 saturated carbocycles. The van der Waals surface area contributed by atoms with Crippen LogP contribution in [0.3, 0.4) is 0 Å². The topological polar surface area (TPSA) is 69.5 Å². The average Bonchev–Trinajstić information content (AvgIpc) is 2.96. The predicted octanol–water partition coefficient (Wildman–Crippen LogP) is 2.81. The van der Waals surface area contributed by atoms with Crippen LogP contribution < -0.4 is 10.5 Å². The van der Waals surface area contributed by atoms with Gasteiger partial charge in [0.05, 0.1) is 24.3 Å². The van der Waals surface area contributed by atoms with Gasteiger partial charge in [0.2, 0.25) is 0 Å². The van der Waals surface area contributed by atoms with Crippen LogP contribution >= 0.6 is 0 Å². The molecule has 0 spiro atoms. The van der Waals surface area contributed by atoms with E-state index in [9.17, 15) is 0 Å². The molecule has 5 nitrogen and oxygen atoms in total. The van der Waals surface area contributed by atoms with E-state index >= 15 is 0 Å². The van der Waals surface area contributed by atoms with Crippen LogP contribution in [0, 0.1) is 0 Å². The molecule has 1 aromatic heterocycles. The van der Waals surface area contributed by atoms with Gasteiger partial charge in [0.25, 0.3) is 0 Å². The number of aromatic nitrogens is 1. The molecule has 2 aromatic rings. The second kappa shape index (κ2) is 5.01. The van der Waals surface area contributed by atoms with Crippen LogP contribution in [0.5, 0.6) is 5.75 Å². The van der Waals surface area contributed by atoms with E-state index in [4.69, 9.17) is 19.8 Å². The van der Waals surface area contributed by atoms with Gasteiger partial charge in [0.1, 0.15) is 5.75 Å². The highest BCUT2D eigenvalue weighted by Crippen LogP contribution is 2.40. The normalized spacial score (nSPS) is 21.3. The summed E-state index contributed by atoms with van der Waals surface area (Å²) in [5.41, 5.74) is 7.64. The largest absolute Gasteiger partial charge is 0.497 e. The van der Waals surface area contributed by atoms with E-state index in [0.717, 1.165) is 22.2 Å². The van der Waals surface area contributed by atoms with Crippen LogP contribution in [0.1, 0.15) is 39.2 Å². The number of methoxy groups -OCH3 is 1. The van der Waals surface area contributed by atoms with Crippen molar-refractivity contribution in [1.29, 1.82) is 0 Å². The molecule has 22 heavy (non-hydrogen) atoms. The summed E-state index contributed by atoms with van der Waals surface area (Å²) in [6.07, 6.45) is 1.92. The number of H-pyrrole nitrogens is 1. The van der Waals surface area contributed by atoms with Crippen molar-refractivity contribution in [2.24, 2.45) is 5.73 Å². The summed E-state index contributed by atoms with van der Waals surface area (Å²) in [4.78, 5) is 3.24. The summed E-state index contributed by atoms with van der Waals surface area (Å²) in [7, 11) is 1.18. The van der Waals surface area contributed by atoms with Crippen LogP contribution in [0.2, 0.25) is 0 Å². The van der Waals surface area contributed by atoms with E-state index in [2.05, 4.69) is 4.98 Å². The van der Waals surface area contributed by atoms with Gasteiger partial charge in [-0.3, -0.25) is 0 Å². The number of nitrogens with two attached hydrogens (primary N) is 1. The Morgan fingerprint density at radius 1 is 1.18 bits per heavy atom. The maximum atomic E-state index is 6.43. The number of hydrogen-bond donors (Lipinski definition) is 2. The molecular formula is C16H23BN2O3. The minimum atomic E-state index is -0.477. The highest BCUT2D eigenvalue weighted by molar-refractivity contribution is 6.47. The zero-order valence-corrected chi connectivity index (χ0v) is 13.8. The molecule has 1 fully saturated rings. The lowest BCUT2D eigenvalue weighted by Crippen LogP contribution is -2.41. The Kier molecular flexibility index (Phi) is 3.51. The summed E-state index contributed by atoms with van der Waals surface area (Å²) in [5.74, 6) is 0.427. The fourth-order valence-electron chi connectivity index (χ4n) is 2.71. The number of ether oxygens (including phenoxy) is 1. The molecule has 0 amide bonds. The van der Waals surface area contributed by atoms with Crippen LogP contribution in [0.15, 0.2) is 24.4 Å². The molecule has 0 bridgehead atoms. The van der Waals surface area contributed by atoms with E-state index in [1.165, 1.54) is 0 Å². The number of benzene rings is 1. The molecule has 118 valence electrons. The first-order valence-corrected chi connectivity index (χ1v) is 7.51. The third-order valence-corrected chi connectivity index (χ3v) is 4.84. The SMILES string of the molecule is COc1ccc2[nH]cc([C@H](N)B3OC(C)(C)C(C)(C)O3)c2c1. The summed E-state index contributed by atoms with van der Waals surface area (Å²) in [6, 6.07) is 5.88. The van der Waals surface area contributed by atoms with Crippen molar-refractivity contribution in [1.82, 2.24) is 4.98 Å². The van der Waals surface area contributed by atoms with Crippen molar-refractivity contribution in [3.05, 3.63) is 30.0 Å². The van der Waals surface area contributed by atoms with E-state index in [1.807, 2.05) is 52.1 Å². The Morgan fingerprint density at radius 3 is 2.41 bits per heavy atom. The first-order valence-electron chi connectivity index (χ1n) is 7.51. The first-order chi connectivity index (χ1) is 10.2. The van der Waals surface area contributed by atoms with Crippen molar-refractivity contribution in [2.75, 3.05) is 7.11 Å². The van der Waals surface area contributed by atoms with Crippen LogP contribution in [-0.2, 0) is 9.31 Å². The van der Waals surface area contributed by atoms with Gasteiger partial charge in [0, 0.05) is 17.1 Å². The zero-order valence-electron chi connectivity index (χ0n) is 13.8. The van der Waals surface area contributed by atoms with Gasteiger partial charge in [-0.15, -0.1) is 0 Å². The van der Waals surface area contributed by atoms with Gasteiger partial charge in [0.15, 0.2) is 0 Å². The van der Waals surface area contributed by atoms with Crippen molar-refractivity contribution >= 4 is 18.0 Å². The van der Waals surface area contributed by atoms with E-state index in [0.29, 0.717) is 0 Å². The van der Waals surface area contributed by atoms with Crippen LogP contribution in [-0.4, -0.2) is 30.4 Å². The lowest BCUT2D eigenvalue weighted by Gasteiger charge is -2.32. The minimum absolute atomic E-state index is 0.373. The molecule has 6 heteroatoms. The molecule has 0 radical (unpaired) electrons. The fourth-order valence-corrected chi connectivity index (χ4v) is 2.71. The van der Waals surface area contributed by atoms with Crippen molar-refractivity contribution < 1.29 is 14.0 Å². The van der Waals surface area contributed by atoms with Gasteiger partial charge in [-0.25, -0.2) is 0 Å². The summed E-state index contributed by atoms with van der Waals surface area (Å²) < 4.78 is 17.4. The molecule has 1 aliphatic rings. The Labute approximate surface area is 131 Å². The molecule has 0 aliphatic carbocycles. The van der Waals surface area contributed by atoms with E-state index < -0.39 is 7.12 Å². The average molecular weight is 302 g/mol. The fraction of sp³-hybridized carbons (Fsp3) is 0.500. The summed E-state index contributed by atoms with van der Waals surface area (Å²) in [5, 5.41) is 1.03. The smallest absolute Gasteiger partial charge is 0.480 e. The van der Waals surface area contributed by atoms with Crippen molar-refractivity contribution in [3.63, 3.8) is 0 Å². The second-order valence-electron chi connectivity index (χ2n) is 6.81. The molecule has 3 N–H and O–H groups in total. The van der Waals surface area contributed by atoms with Gasteiger partial charge in [-0.05, 0) is 51.5 Å². The molecule has 1 aromatic carbocycles. The Hall–Kier alpha value is -1.50. The lowest BCUT2D eigenvalue weighted by molar-refractivity contribution is 0.00578. The minimum Gasteiger partial charge on any atom is -0.497 e. The van der Waals surface area contributed by atoms with Gasteiger partial charge in [-0.2, -0.15) is 0 Å². The number of aromatic amines is 1. The maximum Gasteiger partial charge on any atom is 0.480 e. The predicted molar refractivity (Wildman–Crippen MR) is 87.9 cm³/mol. The number of nitrogens with one attached hydrogen (secondary N) is 1. The van der Waals surface area contributed by atoms with E-state index in [1.54, 1.807) is 7.11 Å². The molecule has 3 rings (SSSR count). The van der Waals surface area contributed by atoms with Gasteiger partial charge >= 0.3 is 7.12 Å². The first kappa shape index (κ1) is 15.4. The lowest BCUT2D eigenvalue weighted by atomic mass is 9.75. The standard InChI is InChI=1S/C16H23BN2O3/c1-15(2)16(3,4)22-17(21-15)14(18)12-9-19-13-7-6-10(20-5)8-11(12)13/h6-9,14,19H,18H2,1-5H3/t14-/m0/s1. The van der Waals surface area contributed by atoms with Gasteiger partial charge < -0.3 is 24.8 Å². The molecule has 1 saturated heterocycles. The Bertz CT molecular complexity index is 680. The number of fused-ring (bicyclic) bond motifs is 1. The highest BCUT2D eigenvalue weighted by Gasteiger charge is 2.53. The third-order valence-electron chi connectivity index (χ3n) is 4.84. The Morgan fingerprint density at radius 2 is 1.82 bits per heavy atom. The van der Waals surface area contributed by atoms with Crippen molar-refractivity contribution in [3.8, 4) is 5.75 Å². The monoisotopic (exact) mass is 302 g/mol. The molecule has 2 heterocycles. The highest BCUT2D eigenvalue weighted by atomic mass is 16.7. The van der Waals surface area contributed by atoms with Crippen LogP contribution in [0.25, 0.3) is 10.9 Å². The Balaban J connectivity index is 1.95. The molecule has 1 atom stereocenters. The number of hydrogen-bond acceptors (Lipinski definition) is 4. The quantitative estimate of drug-likeness (QED) is 0.855. The summed E-state index contributed by atoms with van der Waals surface area (Å²) in [6.45, 7) is 8.10. The molecular weight excluding hydrogens is 279 g/mol. The van der Waals surface area contributed by atoms with E-state index in [-0.39, 0.29) is 17.1 Å².